The van der Waals surface area contributed by atoms with Gasteiger partial charge in [0.15, 0.2) is 0 Å². The van der Waals surface area contributed by atoms with E-state index < -0.39 is 10.0 Å². The molecule has 1 saturated heterocycles. The van der Waals surface area contributed by atoms with E-state index in [4.69, 9.17) is 0 Å². The lowest BCUT2D eigenvalue weighted by Crippen LogP contribution is -2.43. The van der Waals surface area contributed by atoms with Crippen LogP contribution in [0.4, 0.5) is 0 Å². The van der Waals surface area contributed by atoms with Crippen LogP contribution in [0.25, 0.3) is 0 Å². The number of amides is 1. The van der Waals surface area contributed by atoms with Crippen molar-refractivity contribution in [3.8, 4) is 0 Å². The number of benzene rings is 2. The van der Waals surface area contributed by atoms with Gasteiger partial charge in [0.25, 0.3) is 0 Å². The minimum atomic E-state index is -3.50. The first kappa shape index (κ1) is 23.2. The molecule has 8 heteroatoms. The normalized spacial score (nSPS) is 15.8. The number of carbonyl (C=O) groups excluding carboxylic acids is 1. The van der Waals surface area contributed by atoms with E-state index >= 15 is 0 Å². The Bertz CT molecular complexity index is 910. The molecule has 162 valence electrons. The van der Waals surface area contributed by atoms with Gasteiger partial charge in [0.1, 0.15) is 0 Å². The predicted octanol–water partition coefficient (Wildman–Crippen LogP) is 3.86. The first-order valence-corrected chi connectivity index (χ1v) is 13.9. The van der Waals surface area contributed by atoms with Gasteiger partial charge < -0.3 is 5.32 Å². The van der Waals surface area contributed by atoms with Gasteiger partial charge in [-0.15, -0.1) is 11.8 Å². The maximum atomic E-state index is 12.8. The fourth-order valence-corrected chi connectivity index (χ4v) is 6.11. The first-order chi connectivity index (χ1) is 14.5. The van der Waals surface area contributed by atoms with Gasteiger partial charge in [-0.05, 0) is 48.9 Å². The molecule has 3 rings (SSSR count). The highest BCUT2D eigenvalue weighted by atomic mass is 32.2. The van der Waals surface area contributed by atoms with Gasteiger partial charge in [-0.1, -0.05) is 30.3 Å². The lowest BCUT2D eigenvalue weighted by molar-refractivity contribution is -0.125. The highest BCUT2D eigenvalue weighted by Gasteiger charge is 2.31. The Hall–Kier alpha value is -1.48. The van der Waals surface area contributed by atoms with Gasteiger partial charge in [0.05, 0.1) is 4.90 Å². The number of rotatable bonds is 9. The third-order valence-corrected chi connectivity index (χ3v) is 8.87. The fraction of sp³-hybridized carbons (Fsp3) is 0.409. The molecule has 2 aromatic carbocycles. The topological polar surface area (TPSA) is 66.5 Å². The largest absolute Gasteiger partial charge is 0.355 e. The standard InChI is InChI=1S/C22H28N2O3S3/c1-28-20-7-9-21(10-8-20)30(26,27)24-14-11-19(12-15-24)22(25)23-13-16-29-17-18-5-3-2-4-6-18/h2-10,19H,11-17H2,1H3,(H,23,25). The number of piperidine rings is 1. The molecule has 0 saturated carbocycles. The second kappa shape index (κ2) is 11.2. The number of thioether (sulfide) groups is 2. The Morgan fingerprint density at radius 3 is 2.37 bits per heavy atom. The van der Waals surface area contributed by atoms with Gasteiger partial charge in [0.2, 0.25) is 15.9 Å². The van der Waals surface area contributed by atoms with E-state index in [2.05, 4.69) is 17.4 Å². The number of nitrogens with zero attached hydrogens (tertiary/aromatic N) is 1. The van der Waals surface area contributed by atoms with E-state index in [1.807, 2.05) is 36.6 Å². The maximum absolute atomic E-state index is 12.8. The average molecular weight is 465 g/mol. The minimum Gasteiger partial charge on any atom is -0.355 e. The van der Waals surface area contributed by atoms with Crippen molar-refractivity contribution in [3.63, 3.8) is 0 Å². The molecule has 1 N–H and O–H groups in total. The lowest BCUT2D eigenvalue weighted by Gasteiger charge is -2.30. The van der Waals surface area contributed by atoms with Crippen LogP contribution in [0.5, 0.6) is 0 Å². The van der Waals surface area contributed by atoms with E-state index in [9.17, 15) is 13.2 Å². The van der Waals surface area contributed by atoms with Crippen molar-refractivity contribution in [3.05, 3.63) is 60.2 Å². The van der Waals surface area contributed by atoms with Gasteiger partial charge in [-0.3, -0.25) is 4.79 Å². The van der Waals surface area contributed by atoms with Gasteiger partial charge >= 0.3 is 0 Å². The Labute approximate surface area is 188 Å². The van der Waals surface area contributed by atoms with Crippen molar-refractivity contribution in [1.29, 1.82) is 0 Å². The molecular weight excluding hydrogens is 436 g/mol. The summed E-state index contributed by atoms with van der Waals surface area (Å²) >= 11 is 3.38. The molecule has 0 unspecified atom stereocenters. The summed E-state index contributed by atoms with van der Waals surface area (Å²) < 4.78 is 27.2. The Morgan fingerprint density at radius 2 is 1.73 bits per heavy atom. The molecule has 1 fully saturated rings. The Kier molecular flexibility index (Phi) is 8.68. The zero-order valence-corrected chi connectivity index (χ0v) is 19.6. The van der Waals surface area contributed by atoms with Crippen LogP contribution in [-0.2, 0) is 20.6 Å². The van der Waals surface area contributed by atoms with Crippen molar-refractivity contribution in [2.75, 3.05) is 31.6 Å². The molecule has 5 nitrogen and oxygen atoms in total. The number of carbonyl (C=O) groups is 1. The molecule has 1 aliphatic rings. The Balaban J connectivity index is 1.40. The molecule has 1 amide bonds. The molecule has 1 heterocycles. The van der Waals surface area contributed by atoms with Crippen molar-refractivity contribution >= 4 is 39.5 Å². The second-order valence-corrected chi connectivity index (χ2v) is 11.1. The summed E-state index contributed by atoms with van der Waals surface area (Å²) in [6.07, 6.45) is 3.08. The van der Waals surface area contributed by atoms with Crippen LogP contribution in [0.2, 0.25) is 0 Å². The smallest absolute Gasteiger partial charge is 0.243 e. The Morgan fingerprint density at radius 1 is 1.07 bits per heavy atom. The van der Waals surface area contributed by atoms with Gasteiger partial charge in [-0.2, -0.15) is 16.1 Å². The third-order valence-electron chi connectivity index (χ3n) is 5.18. The second-order valence-electron chi connectivity index (χ2n) is 7.18. The van der Waals surface area contributed by atoms with Crippen LogP contribution in [0, 0.1) is 5.92 Å². The number of nitrogens with one attached hydrogen (secondary N) is 1. The van der Waals surface area contributed by atoms with Crippen LogP contribution < -0.4 is 5.32 Å². The number of hydrogen-bond donors (Lipinski definition) is 1. The summed E-state index contributed by atoms with van der Waals surface area (Å²) in [6.45, 7) is 1.40. The van der Waals surface area contributed by atoms with Crippen molar-refractivity contribution in [2.45, 2.75) is 28.4 Å². The van der Waals surface area contributed by atoms with Crippen LogP contribution in [0.3, 0.4) is 0 Å². The molecule has 30 heavy (non-hydrogen) atoms. The summed E-state index contributed by atoms with van der Waals surface area (Å²) in [4.78, 5) is 13.8. The minimum absolute atomic E-state index is 0.0386. The first-order valence-electron chi connectivity index (χ1n) is 10.0. The monoisotopic (exact) mass is 464 g/mol. The van der Waals surface area contributed by atoms with Crippen LogP contribution in [-0.4, -0.2) is 50.3 Å². The molecule has 0 aromatic heterocycles. The maximum Gasteiger partial charge on any atom is 0.243 e. The lowest BCUT2D eigenvalue weighted by atomic mass is 9.97. The van der Waals surface area contributed by atoms with Gasteiger partial charge in [0, 0.05) is 42.0 Å². The van der Waals surface area contributed by atoms with E-state index in [1.54, 1.807) is 35.7 Å². The number of hydrogen-bond acceptors (Lipinski definition) is 5. The van der Waals surface area contributed by atoms with E-state index in [0.29, 0.717) is 37.4 Å². The predicted molar refractivity (Wildman–Crippen MR) is 125 cm³/mol. The van der Waals surface area contributed by atoms with Crippen LogP contribution in [0.1, 0.15) is 18.4 Å². The molecule has 0 radical (unpaired) electrons. The molecule has 0 aliphatic carbocycles. The zero-order chi connectivity index (χ0) is 21.4. The van der Waals surface area contributed by atoms with Crippen LogP contribution in [0.15, 0.2) is 64.4 Å². The summed E-state index contributed by atoms with van der Waals surface area (Å²) in [7, 11) is -3.50. The highest BCUT2D eigenvalue weighted by molar-refractivity contribution is 7.98. The molecule has 0 spiro atoms. The fourth-order valence-electron chi connectivity index (χ4n) is 3.41. The summed E-state index contributed by atoms with van der Waals surface area (Å²) in [5, 5.41) is 3.01. The molecule has 2 aromatic rings. The quantitative estimate of drug-likeness (QED) is 0.451. The van der Waals surface area contributed by atoms with Crippen molar-refractivity contribution in [2.24, 2.45) is 5.92 Å². The van der Waals surface area contributed by atoms with Gasteiger partial charge in [-0.25, -0.2) is 8.42 Å². The zero-order valence-electron chi connectivity index (χ0n) is 17.1. The van der Waals surface area contributed by atoms with E-state index in [0.717, 1.165) is 16.4 Å². The van der Waals surface area contributed by atoms with Crippen molar-refractivity contribution < 1.29 is 13.2 Å². The molecule has 1 aliphatic heterocycles. The molecule has 0 atom stereocenters. The average Bonchev–Trinajstić information content (AvgIpc) is 2.79. The van der Waals surface area contributed by atoms with E-state index in [1.165, 1.54) is 9.87 Å². The van der Waals surface area contributed by atoms with Crippen LogP contribution >= 0.6 is 23.5 Å². The summed E-state index contributed by atoms with van der Waals surface area (Å²) in [6, 6.07) is 17.2. The third kappa shape index (κ3) is 6.26. The SMILES string of the molecule is CSc1ccc(S(=O)(=O)N2CCC(C(=O)NCCSCc3ccccc3)CC2)cc1. The summed E-state index contributed by atoms with van der Waals surface area (Å²) in [5.41, 5.74) is 1.28. The molecule has 0 bridgehead atoms. The van der Waals surface area contributed by atoms with Crippen molar-refractivity contribution in [1.82, 2.24) is 9.62 Å². The molecular formula is C22H28N2O3S3. The number of sulfonamides is 1. The van der Waals surface area contributed by atoms with E-state index in [-0.39, 0.29) is 11.8 Å². The summed E-state index contributed by atoms with van der Waals surface area (Å²) in [5.74, 6) is 1.72. The highest BCUT2D eigenvalue weighted by Crippen LogP contribution is 2.25.